The Kier molecular flexibility index (Phi) is 4.15. The highest BCUT2D eigenvalue weighted by Crippen LogP contribution is 2.36. The summed E-state index contributed by atoms with van der Waals surface area (Å²) in [4.78, 5) is 4.41. The van der Waals surface area contributed by atoms with E-state index >= 15 is 0 Å². The van der Waals surface area contributed by atoms with Crippen LogP contribution < -0.4 is 0 Å². The minimum atomic E-state index is -0.418. The molecular weight excluding hydrogens is 216 g/mol. The molecule has 96 valence electrons. The Labute approximate surface area is 102 Å². The summed E-state index contributed by atoms with van der Waals surface area (Å²) >= 11 is 0. The Bertz CT molecular complexity index is 349. The van der Waals surface area contributed by atoms with E-state index in [1.807, 2.05) is 0 Å². The highest BCUT2D eigenvalue weighted by atomic mass is 16.5. The van der Waals surface area contributed by atoms with Gasteiger partial charge in [-0.25, -0.2) is 0 Å². The predicted octanol–water partition coefficient (Wildman–Crippen LogP) is 2.68. The van der Waals surface area contributed by atoms with Crippen molar-refractivity contribution in [3.05, 3.63) is 11.7 Å². The number of nitrogens with zero attached hydrogens (tertiary/aromatic N) is 2. The molecule has 1 aliphatic carbocycles. The summed E-state index contributed by atoms with van der Waals surface area (Å²) in [5.41, 5.74) is 0. The van der Waals surface area contributed by atoms with E-state index < -0.39 is 6.10 Å². The van der Waals surface area contributed by atoms with Crippen LogP contribution in [0.5, 0.6) is 0 Å². The molecule has 3 unspecified atom stereocenters. The Morgan fingerprint density at radius 2 is 2.29 bits per heavy atom. The first-order chi connectivity index (χ1) is 8.19. The third-order valence-electron chi connectivity index (χ3n) is 3.68. The van der Waals surface area contributed by atoms with Gasteiger partial charge in [-0.05, 0) is 25.7 Å². The SMILES string of the molecule is CCC1CCCC(c2noc(CC(C)O)n2)C1. The first-order valence-electron chi connectivity index (χ1n) is 6.69. The normalized spacial score (nSPS) is 27.0. The highest BCUT2D eigenvalue weighted by molar-refractivity contribution is 4.98. The highest BCUT2D eigenvalue weighted by Gasteiger charge is 2.25. The predicted molar refractivity (Wildman–Crippen MR) is 64.7 cm³/mol. The monoisotopic (exact) mass is 238 g/mol. The van der Waals surface area contributed by atoms with Crippen molar-refractivity contribution in [2.75, 3.05) is 0 Å². The van der Waals surface area contributed by atoms with Crippen molar-refractivity contribution in [1.82, 2.24) is 10.1 Å². The maximum atomic E-state index is 9.28. The fraction of sp³-hybridized carbons (Fsp3) is 0.846. The molecule has 1 N–H and O–H groups in total. The fourth-order valence-electron chi connectivity index (χ4n) is 2.67. The van der Waals surface area contributed by atoms with Gasteiger partial charge in [0.1, 0.15) is 0 Å². The maximum Gasteiger partial charge on any atom is 0.229 e. The van der Waals surface area contributed by atoms with E-state index in [2.05, 4.69) is 17.1 Å². The summed E-state index contributed by atoms with van der Waals surface area (Å²) in [6.45, 7) is 3.99. The lowest BCUT2D eigenvalue weighted by Crippen LogP contribution is -2.14. The summed E-state index contributed by atoms with van der Waals surface area (Å²) in [7, 11) is 0. The number of hydrogen-bond acceptors (Lipinski definition) is 4. The van der Waals surface area contributed by atoms with Gasteiger partial charge >= 0.3 is 0 Å². The lowest BCUT2D eigenvalue weighted by molar-refractivity contribution is 0.181. The van der Waals surface area contributed by atoms with Gasteiger partial charge in [0.15, 0.2) is 5.82 Å². The van der Waals surface area contributed by atoms with Crippen molar-refractivity contribution >= 4 is 0 Å². The maximum absolute atomic E-state index is 9.28. The molecule has 1 aliphatic rings. The zero-order valence-corrected chi connectivity index (χ0v) is 10.7. The van der Waals surface area contributed by atoms with Crippen LogP contribution in [0.15, 0.2) is 4.52 Å². The largest absolute Gasteiger partial charge is 0.393 e. The molecule has 4 heteroatoms. The minimum absolute atomic E-state index is 0.418. The van der Waals surface area contributed by atoms with Gasteiger partial charge in [-0.2, -0.15) is 4.98 Å². The molecule has 1 aromatic heterocycles. The molecule has 4 nitrogen and oxygen atoms in total. The molecular formula is C13H22N2O2. The number of rotatable bonds is 4. The fourth-order valence-corrected chi connectivity index (χ4v) is 2.67. The van der Waals surface area contributed by atoms with Crippen LogP contribution in [0.2, 0.25) is 0 Å². The Balaban J connectivity index is 1.99. The van der Waals surface area contributed by atoms with Gasteiger partial charge in [0.2, 0.25) is 5.89 Å². The molecule has 2 rings (SSSR count). The third-order valence-corrected chi connectivity index (χ3v) is 3.68. The van der Waals surface area contributed by atoms with Gasteiger partial charge in [0.05, 0.1) is 12.5 Å². The standard InChI is InChI=1S/C13H22N2O2/c1-3-10-5-4-6-11(8-10)13-14-12(17-15-13)7-9(2)16/h9-11,16H,3-8H2,1-2H3. The second-order valence-corrected chi connectivity index (χ2v) is 5.24. The number of hydrogen-bond donors (Lipinski definition) is 1. The van der Waals surface area contributed by atoms with Crippen LogP contribution in [-0.2, 0) is 6.42 Å². The van der Waals surface area contributed by atoms with Gasteiger partial charge in [0, 0.05) is 5.92 Å². The number of aliphatic hydroxyl groups is 1. The van der Waals surface area contributed by atoms with Crippen LogP contribution in [-0.4, -0.2) is 21.4 Å². The van der Waals surface area contributed by atoms with E-state index in [0.717, 1.165) is 11.7 Å². The van der Waals surface area contributed by atoms with Crippen LogP contribution in [0.4, 0.5) is 0 Å². The van der Waals surface area contributed by atoms with Crippen LogP contribution in [0.3, 0.4) is 0 Å². The second-order valence-electron chi connectivity index (χ2n) is 5.24. The third kappa shape index (κ3) is 3.28. The van der Waals surface area contributed by atoms with Crippen molar-refractivity contribution in [3.63, 3.8) is 0 Å². The van der Waals surface area contributed by atoms with Gasteiger partial charge in [-0.3, -0.25) is 0 Å². The topological polar surface area (TPSA) is 59.2 Å². The summed E-state index contributed by atoms with van der Waals surface area (Å²) in [5.74, 6) is 2.68. The van der Waals surface area contributed by atoms with E-state index in [-0.39, 0.29) is 0 Å². The molecule has 0 radical (unpaired) electrons. The molecule has 17 heavy (non-hydrogen) atoms. The molecule has 0 aliphatic heterocycles. The summed E-state index contributed by atoms with van der Waals surface area (Å²) in [6, 6.07) is 0. The summed E-state index contributed by atoms with van der Waals surface area (Å²) < 4.78 is 5.18. The average molecular weight is 238 g/mol. The van der Waals surface area contributed by atoms with Crippen LogP contribution in [0.25, 0.3) is 0 Å². The van der Waals surface area contributed by atoms with Crippen LogP contribution >= 0.6 is 0 Å². The number of aromatic nitrogens is 2. The number of aliphatic hydroxyl groups excluding tert-OH is 1. The van der Waals surface area contributed by atoms with E-state index in [1.54, 1.807) is 6.92 Å². The smallest absolute Gasteiger partial charge is 0.229 e. The first kappa shape index (κ1) is 12.6. The van der Waals surface area contributed by atoms with E-state index in [9.17, 15) is 5.11 Å². The Morgan fingerprint density at radius 3 is 3.00 bits per heavy atom. The molecule has 1 saturated carbocycles. The van der Waals surface area contributed by atoms with Crippen molar-refractivity contribution in [1.29, 1.82) is 0 Å². The van der Waals surface area contributed by atoms with Crippen LogP contribution in [0.1, 0.15) is 63.6 Å². The second kappa shape index (κ2) is 5.63. The molecule has 3 atom stereocenters. The van der Waals surface area contributed by atoms with Crippen molar-refractivity contribution in [2.24, 2.45) is 5.92 Å². The zero-order chi connectivity index (χ0) is 12.3. The Morgan fingerprint density at radius 1 is 1.47 bits per heavy atom. The van der Waals surface area contributed by atoms with Crippen LogP contribution in [0, 0.1) is 5.92 Å². The molecule has 1 fully saturated rings. The van der Waals surface area contributed by atoms with E-state index in [1.165, 1.54) is 32.1 Å². The summed E-state index contributed by atoms with van der Waals surface area (Å²) in [6.07, 6.45) is 6.24. The van der Waals surface area contributed by atoms with Gasteiger partial charge < -0.3 is 9.63 Å². The molecule has 1 aromatic rings. The van der Waals surface area contributed by atoms with Gasteiger partial charge in [-0.15, -0.1) is 0 Å². The van der Waals surface area contributed by atoms with E-state index in [4.69, 9.17) is 4.52 Å². The zero-order valence-electron chi connectivity index (χ0n) is 10.7. The Hall–Kier alpha value is -0.900. The molecule has 0 spiro atoms. The van der Waals surface area contributed by atoms with Gasteiger partial charge in [-0.1, -0.05) is 31.3 Å². The average Bonchev–Trinajstić information content (AvgIpc) is 2.77. The quantitative estimate of drug-likeness (QED) is 0.876. The first-order valence-corrected chi connectivity index (χ1v) is 6.69. The lowest BCUT2D eigenvalue weighted by atomic mass is 9.80. The molecule has 0 amide bonds. The molecule has 1 heterocycles. The minimum Gasteiger partial charge on any atom is -0.393 e. The van der Waals surface area contributed by atoms with E-state index in [0.29, 0.717) is 18.2 Å². The lowest BCUT2D eigenvalue weighted by Gasteiger charge is -2.26. The van der Waals surface area contributed by atoms with Crippen molar-refractivity contribution < 1.29 is 9.63 Å². The van der Waals surface area contributed by atoms with Gasteiger partial charge in [0.25, 0.3) is 0 Å². The molecule has 0 aromatic carbocycles. The summed E-state index contributed by atoms with van der Waals surface area (Å²) in [5, 5.41) is 13.3. The van der Waals surface area contributed by atoms with Crippen molar-refractivity contribution in [2.45, 2.75) is 64.4 Å². The molecule has 0 bridgehead atoms. The molecule has 0 saturated heterocycles. The van der Waals surface area contributed by atoms with Crippen molar-refractivity contribution in [3.8, 4) is 0 Å².